The van der Waals surface area contributed by atoms with E-state index in [-0.39, 0.29) is 0 Å². The first-order chi connectivity index (χ1) is 9.55. The molecule has 0 fully saturated rings. The smallest absolute Gasteiger partial charge is 0.146 e. The molecule has 1 aromatic carbocycles. The number of nitrogens with zero attached hydrogens (tertiary/aromatic N) is 4. The van der Waals surface area contributed by atoms with Gasteiger partial charge in [-0.1, -0.05) is 0 Å². The number of anilines is 2. The lowest BCUT2D eigenvalue weighted by Gasteiger charge is -2.20. The second-order valence-electron chi connectivity index (χ2n) is 4.48. The first-order valence-corrected chi connectivity index (χ1v) is 6.19. The molecule has 0 saturated heterocycles. The predicted molar refractivity (Wildman–Crippen MR) is 77.3 cm³/mol. The van der Waals surface area contributed by atoms with Crippen molar-refractivity contribution in [2.45, 2.75) is 13.8 Å². The molecule has 0 bridgehead atoms. The van der Waals surface area contributed by atoms with Crippen molar-refractivity contribution in [3.05, 3.63) is 41.3 Å². The van der Waals surface area contributed by atoms with E-state index in [0.717, 1.165) is 17.0 Å². The van der Waals surface area contributed by atoms with Crippen LogP contribution < -0.4 is 9.64 Å². The van der Waals surface area contributed by atoms with Gasteiger partial charge < -0.3 is 9.64 Å². The largest absolute Gasteiger partial charge is 0.496 e. The van der Waals surface area contributed by atoms with Crippen LogP contribution in [0.1, 0.15) is 17.1 Å². The van der Waals surface area contributed by atoms with E-state index in [1.165, 1.54) is 0 Å². The van der Waals surface area contributed by atoms with Crippen LogP contribution in [0.3, 0.4) is 0 Å². The quantitative estimate of drug-likeness (QED) is 0.856. The van der Waals surface area contributed by atoms with Crippen LogP contribution in [-0.4, -0.2) is 24.1 Å². The highest BCUT2D eigenvalue weighted by atomic mass is 16.5. The van der Waals surface area contributed by atoms with Gasteiger partial charge in [0, 0.05) is 18.8 Å². The van der Waals surface area contributed by atoms with E-state index in [1.807, 2.05) is 43.1 Å². The molecule has 0 saturated carbocycles. The third kappa shape index (κ3) is 2.69. The van der Waals surface area contributed by atoms with Gasteiger partial charge in [0.05, 0.1) is 7.11 Å². The average Bonchev–Trinajstić information content (AvgIpc) is 2.45. The molecule has 0 aliphatic carbocycles. The Labute approximate surface area is 118 Å². The molecule has 0 spiro atoms. The van der Waals surface area contributed by atoms with Gasteiger partial charge in [0.2, 0.25) is 0 Å². The second kappa shape index (κ2) is 5.57. The summed E-state index contributed by atoms with van der Waals surface area (Å²) in [5.41, 5.74) is 2.39. The molecule has 0 atom stereocenters. The fraction of sp³-hybridized carbons (Fsp3) is 0.267. The highest BCUT2D eigenvalue weighted by Gasteiger charge is 2.10. The molecule has 0 aliphatic rings. The van der Waals surface area contributed by atoms with Gasteiger partial charge in [-0.15, -0.1) is 0 Å². The van der Waals surface area contributed by atoms with Crippen LogP contribution in [-0.2, 0) is 0 Å². The van der Waals surface area contributed by atoms with E-state index in [1.54, 1.807) is 20.1 Å². The molecule has 1 heterocycles. The summed E-state index contributed by atoms with van der Waals surface area (Å²) in [6, 6.07) is 9.61. The van der Waals surface area contributed by atoms with Gasteiger partial charge in [-0.25, -0.2) is 9.97 Å². The maximum absolute atomic E-state index is 8.98. The summed E-state index contributed by atoms with van der Waals surface area (Å²) in [5, 5.41) is 8.98. The number of ether oxygens (including phenoxy) is 1. The third-order valence-corrected chi connectivity index (χ3v) is 3.05. The van der Waals surface area contributed by atoms with Crippen molar-refractivity contribution in [1.82, 2.24) is 9.97 Å². The van der Waals surface area contributed by atoms with Crippen LogP contribution in [0.25, 0.3) is 0 Å². The molecule has 0 radical (unpaired) electrons. The molecule has 1 aromatic heterocycles. The Kier molecular flexibility index (Phi) is 3.85. The molecule has 20 heavy (non-hydrogen) atoms. The normalized spacial score (nSPS) is 9.95. The van der Waals surface area contributed by atoms with Crippen LogP contribution >= 0.6 is 0 Å². The number of nitriles is 1. The summed E-state index contributed by atoms with van der Waals surface area (Å²) < 4.78 is 5.25. The van der Waals surface area contributed by atoms with Gasteiger partial charge in [0.15, 0.2) is 0 Å². The summed E-state index contributed by atoms with van der Waals surface area (Å²) in [4.78, 5) is 10.3. The molecule has 5 nitrogen and oxygen atoms in total. The molecular formula is C15H16N4O. The molecule has 2 rings (SSSR count). The monoisotopic (exact) mass is 268 g/mol. The van der Waals surface area contributed by atoms with Crippen LogP contribution in [0, 0.1) is 25.2 Å². The lowest BCUT2D eigenvalue weighted by molar-refractivity contribution is 0.412. The van der Waals surface area contributed by atoms with Crippen molar-refractivity contribution in [2.75, 3.05) is 19.1 Å². The summed E-state index contributed by atoms with van der Waals surface area (Å²) >= 11 is 0. The number of aryl methyl sites for hydroxylation is 2. The fourth-order valence-corrected chi connectivity index (χ4v) is 1.98. The minimum atomic E-state index is 0.365. The Morgan fingerprint density at radius 2 is 1.95 bits per heavy atom. The number of hydrogen-bond acceptors (Lipinski definition) is 5. The lowest BCUT2D eigenvalue weighted by Crippen LogP contribution is -2.13. The maximum Gasteiger partial charge on any atom is 0.146 e. The number of hydrogen-bond donors (Lipinski definition) is 0. The third-order valence-electron chi connectivity index (χ3n) is 3.05. The standard InChI is InChI=1S/C15H16N4O/c1-10-7-13(5-6-14(10)20-4)19(3)15-8-12(9-16)17-11(2)18-15/h5-8H,1-4H3. The predicted octanol–water partition coefficient (Wildman–Crippen LogP) is 2.74. The molecule has 0 amide bonds. The average molecular weight is 268 g/mol. The van der Waals surface area contributed by atoms with Crippen LogP contribution in [0.5, 0.6) is 5.75 Å². The topological polar surface area (TPSA) is 62.0 Å². The molecule has 0 N–H and O–H groups in total. The fourth-order valence-electron chi connectivity index (χ4n) is 1.98. The highest BCUT2D eigenvalue weighted by Crippen LogP contribution is 2.27. The van der Waals surface area contributed by atoms with Gasteiger partial charge in [-0.05, 0) is 37.6 Å². The lowest BCUT2D eigenvalue weighted by atomic mass is 10.2. The van der Waals surface area contributed by atoms with Crippen LogP contribution in [0.2, 0.25) is 0 Å². The minimum absolute atomic E-state index is 0.365. The molecule has 0 aliphatic heterocycles. The van der Waals surface area contributed by atoms with Crippen LogP contribution in [0.4, 0.5) is 11.5 Å². The van der Waals surface area contributed by atoms with Crippen molar-refractivity contribution in [1.29, 1.82) is 5.26 Å². The SMILES string of the molecule is COc1ccc(N(C)c2cc(C#N)nc(C)n2)cc1C. The zero-order chi connectivity index (χ0) is 14.7. The zero-order valence-corrected chi connectivity index (χ0v) is 12.0. The van der Waals surface area contributed by atoms with Crippen molar-refractivity contribution >= 4 is 11.5 Å². The number of rotatable bonds is 3. The molecule has 102 valence electrons. The van der Waals surface area contributed by atoms with Crippen LogP contribution in [0.15, 0.2) is 24.3 Å². The molecular weight excluding hydrogens is 252 g/mol. The second-order valence-corrected chi connectivity index (χ2v) is 4.48. The Bertz CT molecular complexity index is 676. The Hall–Kier alpha value is -2.61. The highest BCUT2D eigenvalue weighted by molar-refractivity contribution is 5.62. The minimum Gasteiger partial charge on any atom is -0.496 e. The Balaban J connectivity index is 2.41. The maximum atomic E-state index is 8.98. The molecule has 2 aromatic rings. The number of aromatic nitrogens is 2. The number of benzene rings is 1. The summed E-state index contributed by atoms with van der Waals surface area (Å²) in [6.45, 7) is 3.76. The van der Waals surface area contributed by atoms with E-state index in [9.17, 15) is 0 Å². The summed E-state index contributed by atoms with van der Waals surface area (Å²) in [6.07, 6.45) is 0. The van der Waals surface area contributed by atoms with Gasteiger partial charge in [0.1, 0.15) is 29.2 Å². The van der Waals surface area contributed by atoms with Gasteiger partial charge in [-0.3, -0.25) is 0 Å². The molecule has 0 unspecified atom stereocenters. The van der Waals surface area contributed by atoms with Crippen molar-refractivity contribution < 1.29 is 4.74 Å². The van der Waals surface area contributed by atoms with Gasteiger partial charge in [-0.2, -0.15) is 5.26 Å². The van der Waals surface area contributed by atoms with E-state index in [0.29, 0.717) is 17.3 Å². The number of methoxy groups -OCH3 is 1. The van der Waals surface area contributed by atoms with Crippen molar-refractivity contribution in [3.8, 4) is 11.8 Å². The molecule has 5 heteroatoms. The zero-order valence-electron chi connectivity index (χ0n) is 12.0. The van der Waals surface area contributed by atoms with Gasteiger partial charge >= 0.3 is 0 Å². The van der Waals surface area contributed by atoms with E-state index in [2.05, 4.69) is 9.97 Å². The van der Waals surface area contributed by atoms with Gasteiger partial charge in [0.25, 0.3) is 0 Å². The summed E-state index contributed by atoms with van der Waals surface area (Å²) in [5.74, 6) is 2.12. The van der Waals surface area contributed by atoms with E-state index >= 15 is 0 Å². The first kappa shape index (κ1) is 13.8. The van der Waals surface area contributed by atoms with Crippen molar-refractivity contribution in [2.24, 2.45) is 0 Å². The van der Waals surface area contributed by atoms with Crippen molar-refractivity contribution in [3.63, 3.8) is 0 Å². The Morgan fingerprint density at radius 1 is 1.20 bits per heavy atom. The first-order valence-electron chi connectivity index (χ1n) is 6.19. The Morgan fingerprint density at radius 3 is 2.55 bits per heavy atom. The summed E-state index contributed by atoms with van der Waals surface area (Å²) in [7, 11) is 3.56. The van der Waals surface area contributed by atoms with E-state index < -0.39 is 0 Å². The van der Waals surface area contributed by atoms with E-state index in [4.69, 9.17) is 10.00 Å².